The monoisotopic (exact) mass is 270 g/mol. The second-order valence-corrected chi connectivity index (χ2v) is 4.52. The van der Waals surface area contributed by atoms with Gasteiger partial charge < -0.3 is 9.64 Å². The van der Waals surface area contributed by atoms with Crippen molar-refractivity contribution in [2.75, 3.05) is 24.6 Å². The molecule has 0 saturated carbocycles. The fourth-order valence-electron chi connectivity index (χ4n) is 1.80. The Morgan fingerprint density at radius 2 is 2.35 bits per heavy atom. The Labute approximate surface area is 110 Å². The molecule has 0 aliphatic carbocycles. The van der Waals surface area contributed by atoms with Crippen molar-refractivity contribution < 1.29 is 4.74 Å². The van der Waals surface area contributed by atoms with Crippen molar-refractivity contribution in [2.24, 2.45) is 0 Å². The highest BCUT2D eigenvalue weighted by Crippen LogP contribution is 2.26. The maximum Gasteiger partial charge on any atom is 0.161 e. The second kappa shape index (κ2) is 5.59. The number of ether oxygens (including phenoxy) is 1. The molecule has 0 aromatic heterocycles. The minimum atomic E-state index is -0.366. The number of alkyl halides is 1. The van der Waals surface area contributed by atoms with Crippen LogP contribution in [0.3, 0.4) is 0 Å². The SMILES string of the molecule is N#CC1CN(c2ccc(CCl)c(Cl)c2)CCO1. The molecular formula is C12H12Cl2N2O. The normalized spacial score (nSPS) is 20.1. The van der Waals surface area contributed by atoms with Gasteiger partial charge in [-0.05, 0) is 17.7 Å². The van der Waals surface area contributed by atoms with E-state index in [2.05, 4.69) is 11.0 Å². The van der Waals surface area contributed by atoms with Crippen LogP contribution in [0.4, 0.5) is 5.69 Å². The molecule has 1 aliphatic rings. The summed E-state index contributed by atoms with van der Waals surface area (Å²) in [5.41, 5.74) is 1.93. The molecule has 1 heterocycles. The van der Waals surface area contributed by atoms with E-state index in [9.17, 15) is 0 Å². The molecule has 3 nitrogen and oxygen atoms in total. The zero-order chi connectivity index (χ0) is 12.3. The van der Waals surface area contributed by atoms with Gasteiger partial charge in [0.1, 0.15) is 0 Å². The van der Waals surface area contributed by atoms with Gasteiger partial charge in [0.25, 0.3) is 0 Å². The summed E-state index contributed by atoms with van der Waals surface area (Å²) in [4.78, 5) is 2.10. The predicted octanol–water partition coefficient (Wildman–Crippen LogP) is 2.81. The van der Waals surface area contributed by atoms with Gasteiger partial charge >= 0.3 is 0 Å². The predicted molar refractivity (Wildman–Crippen MR) is 68.6 cm³/mol. The highest BCUT2D eigenvalue weighted by Gasteiger charge is 2.20. The quantitative estimate of drug-likeness (QED) is 0.776. The van der Waals surface area contributed by atoms with Crippen molar-refractivity contribution in [3.05, 3.63) is 28.8 Å². The van der Waals surface area contributed by atoms with Crippen LogP contribution in [-0.2, 0) is 10.6 Å². The first-order valence-electron chi connectivity index (χ1n) is 5.35. The summed E-state index contributed by atoms with van der Waals surface area (Å²) in [6, 6.07) is 7.90. The minimum absolute atomic E-state index is 0.366. The van der Waals surface area contributed by atoms with E-state index in [1.807, 2.05) is 18.2 Å². The lowest BCUT2D eigenvalue weighted by molar-refractivity contribution is 0.0764. The third-order valence-electron chi connectivity index (χ3n) is 2.76. The number of hydrogen-bond donors (Lipinski definition) is 0. The molecule has 1 aromatic rings. The number of rotatable bonds is 2. The fourth-order valence-corrected chi connectivity index (χ4v) is 2.35. The number of hydrogen-bond acceptors (Lipinski definition) is 3. The number of halogens is 2. The summed E-state index contributed by atoms with van der Waals surface area (Å²) in [6.45, 7) is 1.91. The molecule has 1 aliphatic heterocycles. The van der Waals surface area contributed by atoms with Crippen LogP contribution in [0.15, 0.2) is 18.2 Å². The van der Waals surface area contributed by atoms with Crippen molar-refractivity contribution in [2.45, 2.75) is 12.0 Å². The van der Waals surface area contributed by atoms with Crippen LogP contribution < -0.4 is 4.90 Å². The van der Waals surface area contributed by atoms with Crippen molar-refractivity contribution in [3.8, 4) is 6.07 Å². The molecule has 90 valence electrons. The topological polar surface area (TPSA) is 36.3 Å². The van der Waals surface area contributed by atoms with Crippen molar-refractivity contribution in [1.29, 1.82) is 5.26 Å². The van der Waals surface area contributed by atoms with Crippen LogP contribution in [-0.4, -0.2) is 25.8 Å². The smallest absolute Gasteiger partial charge is 0.161 e. The molecule has 1 saturated heterocycles. The zero-order valence-corrected chi connectivity index (χ0v) is 10.7. The molecular weight excluding hydrogens is 259 g/mol. The molecule has 0 N–H and O–H groups in total. The van der Waals surface area contributed by atoms with Gasteiger partial charge in [0.05, 0.1) is 19.2 Å². The van der Waals surface area contributed by atoms with Gasteiger partial charge in [-0.3, -0.25) is 0 Å². The van der Waals surface area contributed by atoms with Crippen LogP contribution in [0.25, 0.3) is 0 Å². The van der Waals surface area contributed by atoms with Crippen molar-refractivity contribution in [3.63, 3.8) is 0 Å². The Kier molecular flexibility index (Phi) is 4.11. The fraction of sp³-hybridized carbons (Fsp3) is 0.417. The summed E-state index contributed by atoms with van der Waals surface area (Å²) in [5.74, 6) is 0.406. The van der Waals surface area contributed by atoms with Crippen molar-refractivity contribution >= 4 is 28.9 Å². The second-order valence-electron chi connectivity index (χ2n) is 3.84. The van der Waals surface area contributed by atoms with E-state index in [-0.39, 0.29) is 6.10 Å². The summed E-state index contributed by atoms with van der Waals surface area (Å²) < 4.78 is 5.30. The largest absolute Gasteiger partial charge is 0.365 e. The molecule has 0 spiro atoms. The Morgan fingerprint density at radius 1 is 1.53 bits per heavy atom. The van der Waals surface area contributed by atoms with Crippen LogP contribution in [0.2, 0.25) is 5.02 Å². The molecule has 0 bridgehead atoms. The molecule has 17 heavy (non-hydrogen) atoms. The van der Waals surface area contributed by atoms with Gasteiger partial charge in [0.15, 0.2) is 6.10 Å². The van der Waals surface area contributed by atoms with E-state index in [1.165, 1.54) is 0 Å². The summed E-state index contributed by atoms with van der Waals surface area (Å²) in [5, 5.41) is 9.51. The highest BCUT2D eigenvalue weighted by atomic mass is 35.5. The first kappa shape index (κ1) is 12.5. The van der Waals surface area contributed by atoms with Gasteiger partial charge in [-0.25, -0.2) is 0 Å². The van der Waals surface area contributed by atoms with E-state index in [4.69, 9.17) is 33.2 Å². The molecule has 0 radical (unpaired) electrons. The summed E-state index contributed by atoms with van der Waals surface area (Å²) >= 11 is 11.9. The van der Waals surface area contributed by atoms with E-state index in [0.29, 0.717) is 24.1 Å². The Bertz CT molecular complexity index is 445. The maximum absolute atomic E-state index is 8.85. The first-order valence-corrected chi connectivity index (χ1v) is 6.26. The lowest BCUT2D eigenvalue weighted by atomic mass is 10.2. The lowest BCUT2D eigenvalue weighted by Crippen LogP contribution is -2.41. The van der Waals surface area contributed by atoms with E-state index in [1.54, 1.807) is 0 Å². The Hall–Kier alpha value is -0.950. The maximum atomic E-state index is 8.85. The van der Waals surface area contributed by atoms with Gasteiger partial charge in [0.2, 0.25) is 0 Å². The zero-order valence-electron chi connectivity index (χ0n) is 9.20. The van der Waals surface area contributed by atoms with Crippen LogP contribution >= 0.6 is 23.2 Å². The van der Waals surface area contributed by atoms with Crippen LogP contribution in [0.1, 0.15) is 5.56 Å². The molecule has 1 fully saturated rings. The van der Waals surface area contributed by atoms with E-state index in [0.717, 1.165) is 17.8 Å². The third-order valence-corrected chi connectivity index (χ3v) is 3.40. The first-order chi connectivity index (χ1) is 8.24. The highest BCUT2D eigenvalue weighted by molar-refractivity contribution is 6.32. The van der Waals surface area contributed by atoms with Crippen LogP contribution in [0.5, 0.6) is 0 Å². The molecule has 2 rings (SSSR count). The van der Waals surface area contributed by atoms with Gasteiger partial charge in [0, 0.05) is 23.1 Å². The van der Waals surface area contributed by atoms with Gasteiger partial charge in [-0.15, -0.1) is 11.6 Å². The Morgan fingerprint density at radius 3 is 3.00 bits per heavy atom. The molecule has 1 unspecified atom stereocenters. The van der Waals surface area contributed by atoms with Gasteiger partial charge in [-0.1, -0.05) is 17.7 Å². The molecule has 1 atom stereocenters. The van der Waals surface area contributed by atoms with Crippen molar-refractivity contribution in [1.82, 2.24) is 0 Å². The molecule has 5 heteroatoms. The molecule has 0 amide bonds. The van der Waals surface area contributed by atoms with E-state index < -0.39 is 0 Å². The number of benzene rings is 1. The van der Waals surface area contributed by atoms with Gasteiger partial charge in [-0.2, -0.15) is 5.26 Å². The molecule has 1 aromatic carbocycles. The van der Waals surface area contributed by atoms with E-state index >= 15 is 0 Å². The standard InChI is InChI=1S/C12H12Cl2N2O/c13-6-9-1-2-10(5-12(9)14)16-3-4-17-11(7-15)8-16/h1-2,5,11H,3-4,6,8H2. The number of nitrogens with zero attached hydrogens (tertiary/aromatic N) is 2. The number of anilines is 1. The summed E-state index contributed by atoms with van der Waals surface area (Å²) in [7, 11) is 0. The number of morpholine rings is 1. The Balaban J connectivity index is 2.17. The average molecular weight is 271 g/mol. The summed E-state index contributed by atoms with van der Waals surface area (Å²) in [6.07, 6.45) is -0.366. The number of nitriles is 1. The minimum Gasteiger partial charge on any atom is -0.365 e. The third kappa shape index (κ3) is 2.84. The lowest BCUT2D eigenvalue weighted by Gasteiger charge is -2.31. The average Bonchev–Trinajstić information content (AvgIpc) is 2.38. The van der Waals surface area contributed by atoms with Crippen LogP contribution in [0, 0.1) is 11.3 Å².